The van der Waals surface area contributed by atoms with E-state index in [2.05, 4.69) is 5.32 Å². The van der Waals surface area contributed by atoms with Crippen molar-refractivity contribution in [3.63, 3.8) is 0 Å². The minimum absolute atomic E-state index is 0.0827. The average molecular weight is 229 g/mol. The molecule has 2 aromatic rings. The van der Waals surface area contributed by atoms with Gasteiger partial charge in [-0.3, -0.25) is 4.79 Å². The number of benzene rings is 1. The summed E-state index contributed by atoms with van der Waals surface area (Å²) in [5, 5.41) is 4.45. The van der Waals surface area contributed by atoms with E-state index in [4.69, 9.17) is 4.42 Å². The predicted octanol–water partition coefficient (Wildman–Crippen LogP) is 3.52. The number of hydrogen-bond donors (Lipinski definition) is 1. The van der Waals surface area contributed by atoms with Gasteiger partial charge < -0.3 is 9.73 Å². The summed E-state index contributed by atoms with van der Waals surface area (Å²) < 4.78 is 5.66. The van der Waals surface area contributed by atoms with Crippen molar-refractivity contribution in [1.29, 1.82) is 0 Å². The second-order valence-electron chi connectivity index (χ2n) is 5.36. The van der Waals surface area contributed by atoms with Gasteiger partial charge in [0.25, 0.3) is 0 Å². The summed E-state index contributed by atoms with van der Waals surface area (Å²) in [7, 11) is 0. The molecule has 3 heteroatoms. The molecule has 0 saturated heterocycles. The Bertz CT molecular complexity index is 622. The molecule has 0 amide bonds. The Labute approximate surface area is 99.8 Å². The maximum atomic E-state index is 12.0. The minimum Gasteiger partial charge on any atom is -0.451 e. The van der Waals surface area contributed by atoms with Gasteiger partial charge in [-0.25, -0.2) is 0 Å². The van der Waals surface area contributed by atoms with Crippen LogP contribution >= 0.6 is 0 Å². The first-order chi connectivity index (χ1) is 7.98. The molecule has 1 N–H and O–H groups in total. The minimum atomic E-state index is -0.205. The third kappa shape index (κ3) is 1.46. The van der Waals surface area contributed by atoms with Crippen LogP contribution < -0.4 is 5.32 Å². The number of rotatable bonds is 0. The van der Waals surface area contributed by atoms with Gasteiger partial charge in [0.1, 0.15) is 5.58 Å². The van der Waals surface area contributed by atoms with Crippen LogP contribution in [0.2, 0.25) is 0 Å². The summed E-state index contributed by atoms with van der Waals surface area (Å²) in [4.78, 5) is 12.0. The third-order valence-corrected chi connectivity index (χ3v) is 3.24. The molecule has 0 saturated carbocycles. The van der Waals surface area contributed by atoms with Gasteiger partial charge in [0.15, 0.2) is 5.76 Å². The third-order valence-electron chi connectivity index (χ3n) is 3.24. The van der Waals surface area contributed by atoms with E-state index in [0.717, 1.165) is 22.2 Å². The molecular weight excluding hydrogens is 214 g/mol. The summed E-state index contributed by atoms with van der Waals surface area (Å²) in [6.45, 7) is 6.10. The van der Waals surface area contributed by atoms with Crippen molar-refractivity contribution >= 4 is 22.4 Å². The van der Waals surface area contributed by atoms with E-state index in [0.29, 0.717) is 12.2 Å². The molecule has 0 fully saturated rings. The lowest BCUT2D eigenvalue weighted by molar-refractivity contribution is 0.0932. The van der Waals surface area contributed by atoms with E-state index in [1.165, 1.54) is 0 Å². The van der Waals surface area contributed by atoms with E-state index in [1.54, 1.807) is 0 Å². The van der Waals surface area contributed by atoms with Crippen LogP contribution in [0.25, 0.3) is 11.0 Å². The molecule has 0 atom stereocenters. The molecule has 0 spiro atoms. The molecule has 1 aliphatic rings. The van der Waals surface area contributed by atoms with Gasteiger partial charge in [-0.1, -0.05) is 12.1 Å². The largest absolute Gasteiger partial charge is 0.451 e. The van der Waals surface area contributed by atoms with Crippen LogP contribution in [-0.4, -0.2) is 11.3 Å². The van der Waals surface area contributed by atoms with Gasteiger partial charge in [0.05, 0.1) is 5.69 Å². The number of carbonyl (C=O) groups excluding carboxylic acids is 1. The van der Waals surface area contributed by atoms with Crippen molar-refractivity contribution in [2.75, 3.05) is 5.32 Å². The van der Waals surface area contributed by atoms with Gasteiger partial charge in [0, 0.05) is 17.3 Å². The molecule has 1 aromatic carbocycles. The highest BCUT2D eigenvalue weighted by molar-refractivity contribution is 6.10. The van der Waals surface area contributed by atoms with Gasteiger partial charge in [-0.05, 0) is 32.4 Å². The first kappa shape index (κ1) is 10.4. The first-order valence-corrected chi connectivity index (χ1v) is 5.81. The van der Waals surface area contributed by atoms with Crippen LogP contribution in [0.4, 0.5) is 5.69 Å². The maximum absolute atomic E-state index is 12.0. The summed E-state index contributed by atoms with van der Waals surface area (Å²) in [5.74, 6) is 0.563. The fourth-order valence-electron chi connectivity index (χ4n) is 2.50. The van der Waals surface area contributed by atoms with Crippen LogP contribution in [-0.2, 0) is 0 Å². The lowest BCUT2D eigenvalue weighted by Crippen LogP contribution is -2.37. The highest BCUT2D eigenvalue weighted by atomic mass is 16.3. The lowest BCUT2D eigenvalue weighted by Gasteiger charge is -2.30. The Morgan fingerprint density at radius 3 is 2.88 bits per heavy atom. The number of Topliss-reactive ketones (excluding diaryl/α,β-unsaturated/α-hetero) is 1. The second kappa shape index (κ2) is 3.13. The molecule has 88 valence electrons. The van der Waals surface area contributed by atoms with Crippen molar-refractivity contribution in [3.8, 4) is 0 Å². The molecule has 0 unspecified atom stereocenters. The van der Waals surface area contributed by atoms with Gasteiger partial charge in [-0.2, -0.15) is 0 Å². The Kier molecular flexibility index (Phi) is 1.91. The summed E-state index contributed by atoms with van der Waals surface area (Å²) in [6.07, 6.45) is 0.471. The zero-order valence-corrected chi connectivity index (χ0v) is 10.3. The number of carbonyl (C=O) groups is 1. The SMILES string of the molecule is Cc1cccc2oc3c(c12)NC(C)(C)CC3=O. The molecule has 1 aromatic heterocycles. The highest BCUT2D eigenvalue weighted by Gasteiger charge is 2.34. The molecule has 2 heterocycles. The predicted molar refractivity (Wildman–Crippen MR) is 67.6 cm³/mol. The number of ketones is 1. The zero-order chi connectivity index (χ0) is 12.2. The smallest absolute Gasteiger partial charge is 0.202 e. The fourth-order valence-corrected chi connectivity index (χ4v) is 2.50. The normalized spacial score (nSPS) is 17.9. The number of anilines is 1. The van der Waals surface area contributed by atoms with E-state index >= 15 is 0 Å². The van der Waals surface area contributed by atoms with Gasteiger partial charge in [-0.15, -0.1) is 0 Å². The molecule has 0 radical (unpaired) electrons. The van der Waals surface area contributed by atoms with Crippen molar-refractivity contribution in [3.05, 3.63) is 29.5 Å². The van der Waals surface area contributed by atoms with Crippen molar-refractivity contribution in [1.82, 2.24) is 0 Å². The topological polar surface area (TPSA) is 42.2 Å². The molecule has 3 rings (SSSR count). The van der Waals surface area contributed by atoms with Gasteiger partial charge in [0.2, 0.25) is 5.78 Å². The number of aryl methyl sites for hydroxylation is 1. The fraction of sp³-hybridized carbons (Fsp3) is 0.357. The molecule has 17 heavy (non-hydrogen) atoms. The monoisotopic (exact) mass is 229 g/mol. The van der Waals surface area contributed by atoms with Crippen LogP contribution in [0.15, 0.2) is 22.6 Å². The zero-order valence-electron chi connectivity index (χ0n) is 10.3. The molecule has 3 nitrogen and oxygen atoms in total. The Morgan fingerprint density at radius 1 is 1.35 bits per heavy atom. The van der Waals surface area contributed by atoms with Crippen molar-refractivity contribution < 1.29 is 9.21 Å². The Hall–Kier alpha value is -1.77. The molecule has 0 bridgehead atoms. The average Bonchev–Trinajstić information content (AvgIpc) is 2.56. The molecular formula is C14H15NO2. The van der Waals surface area contributed by atoms with Crippen LogP contribution in [0.1, 0.15) is 36.4 Å². The van der Waals surface area contributed by atoms with Crippen LogP contribution in [0, 0.1) is 6.92 Å². The van der Waals surface area contributed by atoms with Gasteiger partial charge >= 0.3 is 0 Å². The molecule has 0 aliphatic carbocycles. The standard InChI is InChI=1S/C14H15NO2/c1-8-5-4-6-10-11(8)12-13(17-10)9(16)7-14(2,3)15-12/h4-6,15H,7H2,1-3H3. The number of fused-ring (bicyclic) bond motifs is 3. The highest BCUT2D eigenvalue weighted by Crippen LogP contribution is 2.39. The Balaban J connectivity index is 2.35. The number of nitrogens with one attached hydrogen (secondary N) is 1. The number of hydrogen-bond acceptors (Lipinski definition) is 3. The molecule has 1 aliphatic heterocycles. The summed E-state index contributed by atoms with van der Waals surface area (Å²) >= 11 is 0. The van der Waals surface area contributed by atoms with Crippen LogP contribution in [0.5, 0.6) is 0 Å². The Morgan fingerprint density at radius 2 is 2.12 bits per heavy atom. The van der Waals surface area contributed by atoms with E-state index < -0.39 is 0 Å². The van der Waals surface area contributed by atoms with E-state index in [-0.39, 0.29) is 11.3 Å². The van der Waals surface area contributed by atoms with Crippen molar-refractivity contribution in [2.24, 2.45) is 0 Å². The van der Waals surface area contributed by atoms with Crippen LogP contribution in [0.3, 0.4) is 0 Å². The summed E-state index contributed by atoms with van der Waals surface area (Å²) in [5.41, 5.74) is 2.57. The van der Waals surface area contributed by atoms with E-state index in [1.807, 2.05) is 39.0 Å². The lowest BCUT2D eigenvalue weighted by atomic mass is 9.91. The maximum Gasteiger partial charge on any atom is 0.202 e. The summed E-state index contributed by atoms with van der Waals surface area (Å²) in [6, 6.07) is 5.89. The van der Waals surface area contributed by atoms with Crippen molar-refractivity contribution in [2.45, 2.75) is 32.7 Å². The second-order valence-corrected chi connectivity index (χ2v) is 5.36. The number of furan rings is 1. The first-order valence-electron chi connectivity index (χ1n) is 5.81. The quantitative estimate of drug-likeness (QED) is 0.751. The van der Waals surface area contributed by atoms with E-state index in [9.17, 15) is 4.79 Å².